The van der Waals surface area contributed by atoms with Crippen molar-refractivity contribution in [2.75, 3.05) is 0 Å². The maximum atomic E-state index is 9.53. The molecule has 0 aliphatic heterocycles. The third-order valence-corrected chi connectivity index (χ3v) is 3.72. The van der Waals surface area contributed by atoms with Crippen molar-refractivity contribution in [2.45, 2.75) is 0 Å². The molecule has 0 bridgehead atoms. The molecule has 0 fully saturated rings. The highest BCUT2D eigenvalue weighted by Gasteiger charge is 2.10. The van der Waals surface area contributed by atoms with Crippen LogP contribution < -0.4 is 4.74 Å². The minimum atomic E-state index is 0.0850. The van der Waals surface area contributed by atoms with E-state index >= 15 is 0 Å². The number of hydrogen-bond donors (Lipinski definition) is 1. The molecule has 2 rings (SSSR count). The van der Waals surface area contributed by atoms with Gasteiger partial charge in [-0.2, -0.15) is 10.5 Å². The largest absolute Gasteiger partial charge is 0.507 e. The number of halogens is 2. The maximum absolute atomic E-state index is 9.53. The zero-order valence-corrected chi connectivity index (χ0v) is 13.1. The zero-order chi connectivity index (χ0) is 14.7. The van der Waals surface area contributed by atoms with E-state index in [0.717, 1.165) is 0 Å². The average Bonchev–Trinajstić information content (AvgIpc) is 2.44. The fraction of sp³-hybridized carbons (Fsp3) is 0. The highest BCUT2D eigenvalue weighted by Crippen LogP contribution is 2.37. The Morgan fingerprint density at radius 2 is 1.65 bits per heavy atom. The topological polar surface area (TPSA) is 77.0 Å². The average molecular weight is 394 g/mol. The molecule has 0 radical (unpaired) electrons. The molecule has 6 heteroatoms. The molecule has 0 heterocycles. The molecule has 2 aromatic carbocycles. The van der Waals surface area contributed by atoms with Crippen molar-refractivity contribution in [1.82, 2.24) is 0 Å². The van der Waals surface area contributed by atoms with E-state index in [1.807, 2.05) is 12.1 Å². The second-order valence-corrected chi connectivity index (χ2v) is 5.48. The van der Waals surface area contributed by atoms with Gasteiger partial charge in [0.25, 0.3) is 0 Å². The number of aromatic hydroxyl groups is 1. The molecule has 2 aromatic rings. The number of hydrogen-bond acceptors (Lipinski definition) is 4. The van der Waals surface area contributed by atoms with Crippen LogP contribution in [0.1, 0.15) is 11.1 Å². The monoisotopic (exact) mass is 392 g/mol. The van der Waals surface area contributed by atoms with E-state index in [-0.39, 0.29) is 11.3 Å². The Labute approximate surface area is 132 Å². The molecule has 0 aliphatic rings. The quantitative estimate of drug-likeness (QED) is 0.817. The summed E-state index contributed by atoms with van der Waals surface area (Å²) in [5.74, 6) is 0.990. The SMILES string of the molecule is N#Cc1ccc(Oc2cc(Br)c(O)cc2Br)cc1C#N. The first-order valence-electron chi connectivity index (χ1n) is 5.35. The first-order chi connectivity index (χ1) is 9.55. The van der Waals surface area contributed by atoms with Gasteiger partial charge in [0.2, 0.25) is 0 Å². The third kappa shape index (κ3) is 2.93. The molecular weight excluding hydrogens is 388 g/mol. The summed E-state index contributed by atoms with van der Waals surface area (Å²) in [5.41, 5.74) is 0.546. The number of phenolic OH excluding ortho intramolecular Hbond substituents is 1. The van der Waals surface area contributed by atoms with Gasteiger partial charge in [0, 0.05) is 0 Å². The second-order valence-electron chi connectivity index (χ2n) is 3.77. The molecule has 98 valence electrons. The van der Waals surface area contributed by atoms with Gasteiger partial charge in [0.1, 0.15) is 29.4 Å². The van der Waals surface area contributed by atoms with E-state index in [4.69, 9.17) is 15.3 Å². The van der Waals surface area contributed by atoms with Crippen molar-refractivity contribution in [3.8, 4) is 29.4 Å². The molecular formula is C14H6Br2N2O2. The van der Waals surface area contributed by atoms with Crippen molar-refractivity contribution in [1.29, 1.82) is 10.5 Å². The standard InChI is InChI=1S/C14H6Br2N2O2/c15-11-5-14(12(16)4-13(11)19)20-10-2-1-8(6-17)9(3-10)7-18/h1-5,19H. The highest BCUT2D eigenvalue weighted by molar-refractivity contribution is 9.11. The smallest absolute Gasteiger partial charge is 0.143 e. The van der Waals surface area contributed by atoms with Gasteiger partial charge < -0.3 is 9.84 Å². The molecule has 0 saturated carbocycles. The van der Waals surface area contributed by atoms with Crippen LogP contribution in [0, 0.1) is 22.7 Å². The van der Waals surface area contributed by atoms with E-state index in [1.165, 1.54) is 18.2 Å². The van der Waals surface area contributed by atoms with Crippen LogP contribution in [-0.4, -0.2) is 5.11 Å². The predicted molar refractivity (Wildman–Crippen MR) is 79.5 cm³/mol. The minimum absolute atomic E-state index is 0.0850. The van der Waals surface area contributed by atoms with Gasteiger partial charge in [0.05, 0.1) is 20.1 Å². The van der Waals surface area contributed by atoms with Gasteiger partial charge in [-0.05, 0) is 62.2 Å². The van der Waals surface area contributed by atoms with Crippen molar-refractivity contribution in [2.24, 2.45) is 0 Å². The van der Waals surface area contributed by atoms with Gasteiger partial charge in [-0.1, -0.05) is 0 Å². The Bertz CT molecular complexity index is 761. The minimum Gasteiger partial charge on any atom is -0.507 e. The van der Waals surface area contributed by atoms with Gasteiger partial charge in [-0.25, -0.2) is 0 Å². The van der Waals surface area contributed by atoms with Crippen LogP contribution >= 0.6 is 31.9 Å². The number of nitriles is 2. The molecule has 0 aromatic heterocycles. The predicted octanol–water partition coefficient (Wildman–Crippen LogP) is 4.45. The molecule has 0 saturated heterocycles. The molecule has 1 N–H and O–H groups in total. The normalized spacial score (nSPS) is 9.60. The van der Waals surface area contributed by atoms with E-state index in [2.05, 4.69) is 31.9 Å². The van der Waals surface area contributed by atoms with E-state index in [9.17, 15) is 5.11 Å². The van der Waals surface area contributed by atoms with Gasteiger partial charge in [-0.3, -0.25) is 0 Å². The Morgan fingerprint density at radius 3 is 2.30 bits per heavy atom. The van der Waals surface area contributed by atoms with Crippen LogP contribution in [0.3, 0.4) is 0 Å². The second kappa shape index (κ2) is 5.96. The summed E-state index contributed by atoms with van der Waals surface area (Å²) >= 11 is 6.48. The lowest BCUT2D eigenvalue weighted by Gasteiger charge is -2.09. The Hall–Kier alpha value is -2.02. The van der Waals surface area contributed by atoms with Crippen molar-refractivity contribution < 1.29 is 9.84 Å². The molecule has 0 aliphatic carbocycles. The van der Waals surface area contributed by atoms with Crippen molar-refractivity contribution >= 4 is 31.9 Å². The van der Waals surface area contributed by atoms with E-state index in [0.29, 0.717) is 26.0 Å². The van der Waals surface area contributed by atoms with Crippen molar-refractivity contribution in [3.05, 3.63) is 50.4 Å². The summed E-state index contributed by atoms with van der Waals surface area (Å²) in [6.07, 6.45) is 0. The summed E-state index contributed by atoms with van der Waals surface area (Å²) in [6.45, 7) is 0. The van der Waals surface area contributed by atoms with Gasteiger partial charge in [0.15, 0.2) is 0 Å². The molecule has 0 atom stereocenters. The van der Waals surface area contributed by atoms with Gasteiger partial charge >= 0.3 is 0 Å². The van der Waals surface area contributed by atoms with Gasteiger partial charge in [-0.15, -0.1) is 0 Å². The van der Waals surface area contributed by atoms with Crippen LogP contribution in [0.2, 0.25) is 0 Å². The maximum Gasteiger partial charge on any atom is 0.143 e. The van der Waals surface area contributed by atoms with Crippen LogP contribution in [0.5, 0.6) is 17.2 Å². The number of benzene rings is 2. The summed E-state index contributed by atoms with van der Waals surface area (Å²) in [4.78, 5) is 0. The first-order valence-corrected chi connectivity index (χ1v) is 6.94. The third-order valence-electron chi connectivity index (χ3n) is 2.46. The van der Waals surface area contributed by atoms with E-state index < -0.39 is 0 Å². The lowest BCUT2D eigenvalue weighted by atomic mass is 10.1. The number of phenols is 1. The number of rotatable bonds is 2. The fourth-order valence-corrected chi connectivity index (χ4v) is 2.23. The first kappa shape index (κ1) is 14.4. The molecule has 0 spiro atoms. The van der Waals surface area contributed by atoms with E-state index in [1.54, 1.807) is 12.1 Å². The number of nitrogens with zero attached hydrogens (tertiary/aromatic N) is 2. The Morgan fingerprint density at radius 1 is 0.950 bits per heavy atom. The summed E-state index contributed by atoms with van der Waals surface area (Å²) in [7, 11) is 0. The Balaban J connectivity index is 2.39. The van der Waals surface area contributed by atoms with Crippen LogP contribution in [-0.2, 0) is 0 Å². The molecule has 4 nitrogen and oxygen atoms in total. The molecule has 0 amide bonds. The fourth-order valence-electron chi connectivity index (χ4n) is 1.50. The van der Waals surface area contributed by atoms with Crippen LogP contribution in [0.4, 0.5) is 0 Å². The lowest BCUT2D eigenvalue weighted by molar-refractivity contribution is 0.459. The highest BCUT2D eigenvalue weighted by atomic mass is 79.9. The summed E-state index contributed by atoms with van der Waals surface area (Å²) < 4.78 is 6.70. The molecule has 20 heavy (non-hydrogen) atoms. The Kier molecular flexibility index (Phi) is 4.29. The van der Waals surface area contributed by atoms with Crippen LogP contribution in [0.25, 0.3) is 0 Å². The lowest BCUT2D eigenvalue weighted by Crippen LogP contribution is -1.89. The summed E-state index contributed by atoms with van der Waals surface area (Å²) in [6, 6.07) is 11.6. The zero-order valence-electron chi connectivity index (χ0n) is 9.89. The van der Waals surface area contributed by atoms with Crippen molar-refractivity contribution in [3.63, 3.8) is 0 Å². The summed E-state index contributed by atoms with van der Waals surface area (Å²) in [5, 5.41) is 27.4. The van der Waals surface area contributed by atoms with Crippen LogP contribution in [0.15, 0.2) is 39.3 Å². The number of ether oxygens (including phenoxy) is 1. The molecule has 0 unspecified atom stereocenters.